The molecule has 1 fully saturated rings. The summed E-state index contributed by atoms with van der Waals surface area (Å²) in [6, 6.07) is 0. The highest BCUT2D eigenvalue weighted by atomic mass is 16.5. The Morgan fingerprint density at radius 2 is 1.85 bits per heavy atom. The van der Waals surface area contributed by atoms with Gasteiger partial charge in [-0.25, -0.2) is 0 Å². The first-order chi connectivity index (χ1) is 6.18. The summed E-state index contributed by atoms with van der Waals surface area (Å²) in [6.07, 6.45) is 5.43. The van der Waals surface area contributed by atoms with Crippen LogP contribution in [0.4, 0.5) is 0 Å². The molecule has 0 aromatic heterocycles. The van der Waals surface area contributed by atoms with Crippen molar-refractivity contribution in [2.75, 3.05) is 6.61 Å². The van der Waals surface area contributed by atoms with Crippen LogP contribution in [0.3, 0.4) is 0 Å². The molecule has 13 heavy (non-hydrogen) atoms. The quantitative estimate of drug-likeness (QED) is 0.730. The summed E-state index contributed by atoms with van der Waals surface area (Å²) in [4.78, 5) is 0. The van der Waals surface area contributed by atoms with Gasteiger partial charge in [0.15, 0.2) is 0 Å². The molecular formula is C11H22O2. The lowest BCUT2D eigenvalue weighted by molar-refractivity contribution is -0.00667. The zero-order valence-corrected chi connectivity index (χ0v) is 8.83. The van der Waals surface area contributed by atoms with Gasteiger partial charge in [-0.15, -0.1) is 0 Å². The minimum atomic E-state index is -0.0649. The summed E-state index contributed by atoms with van der Waals surface area (Å²) >= 11 is 0. The van der Waals surface area contributed by atoms with Crippen LogP contribution >= 0.6 is 0 Å². The number of hydrogen-bond donors (Lipinski definition) is 1. The van der Waals surface area contributed by atoms with Gasteiger partial charge in [0.25, 0.3) is 0 Å². The first kappa shape index (κ1) is 11.0. The second kappa shape index (κ2) is 5.61. The van der Waals surface area contributed by atoms with Crippen LogP contribution in [-0.4, -0.2) is 23.9 Å². The van der Waals surface area contributed by atoms with Gasteiger partial charge in [-0.1, -0.05) is 13.8 Å². The molecule has 0 bridgehead atoms. The zero-order chi connectivity index (χ0) is 9.68. The molecule has 0 unspecified atom stereocenters. The van der Waals surface area contributed by atoms with Gasteiger partial charge in [-0.2, -0.15) is 0 Å². The average molecular weight is 186 g/mol. The Bertz CT molecular complexity index is 126. The van der Waals surface area contributed by atoms with E-state index in [2.05, 4.69) is 13.8 Å². The third kappa shape index (κ3) is 4.63. The van der Waals surface area contributed by atoms with Crippen molar-refractivity contribution in [1.82, 2.24) is 0 Å². The van der Waals surface area contributed by atoms with Crippen LogP contribution in [0.15, 0.2) is 0 Å². The molecule has 1 N–H and O–H groups in total. The maximum atomic E-state index is 9.29. The molecule has 2 heteroatoms. The molecular weight excluding hydrogens is 164 g/mol. The van der Waals surface area contributed by atoms with Crippen molar-refractivity contribution in [3.63, 3.8) is 0 Å². The summed E-state index contributed by atoms with van der Waals surface area (Å²) in [5.41, 5.74) is 0. The maximum absolute atomic E-state index is 9.29. The van der Waals surface area contributed by atoms with Crippen LogP contribution in [0.5, 0.6) is 0 Å². The van der Waals surface area contributed by atoms with E-state index in [0.29, 0.717) is 6.10 Å². The van der Waals surface area contributed by atoms with Crippen LogP contribution < -0.4 is 0 Å². The zero-order valence-electron chi connectivity index (χ0n) is 8.83. The van der Waals surface area contributed by atoms with Gasteiger partial charge in [-0.3, -0.25) is 0 Å². The molecule has 78 valence electrons. The smallest absolute Gasteiger partial charge is 0.0577 e. The monoisotopic (exact) mass is 186 g/mol. The minimum Gasteiger partial charge on any atom is -0.393 e. The Hall–Kier alpha value is -0.0800. The summed E-state index contributed by atoms with van der Waals surface area (Å²) < 4.78 is 5.73. The van der Waals surface area contributed by atoms with Crippen LogP contribution in [0.2, 0.25) is 0 Å². The van der Waals surface area contributed by atoms with E-state index in [4.69, 9.17) is 4.74 Å². The van der Waals surface area contributed by atoms with Crippen molar-refractivity contribution in [2.24, 2.45) is 5.92 Å². The number of rotatable bonds is 4. The number of aliphatic hydroxyl groups excluding tert-OH is 1. The summed E-state index contributed by atoms with van der Waals surface area (Å²) in [5, 5.41) is 9.29. The van der Waals surface area contributed by atoms with E-state index in [1.807, 2.05) is 0 Å². The van der Waals surface area contributed by atoms with Gasteiger partial charge in [0.2, 0.25) is 0 Å². The fourth-order valence-corrected chi connectivity index (χ4v) is 1.68. The standard InChI is InChI=1S/C11H22O2/c1-9(2)7-8-13-11-5-3-10(12)4-6-11/h9-12H,3-8H2,1-2H3. The first-order valence-electron chi connectivity index (χ1n) is 5.48. The van der Waals surface area contributed by atoms with E-state index >= 15 is 0 Å². The molecule has 0 radical (unpaired) electrons. The van der Waals surface area contributed by atoms with Gasteiger partial charge >= 0.3 is 0 Å². The van der Waals surface area contributed by atoms with Crippen molar-refractivity contribution in [3.05, 3.63) is 0 Å². The minimum absolute atomic E-state index is 0.0649. The number of hydrogen-bond acceptors (Lipinski definition) is 2. The van der Waals surface area contributed by atoms with Crippen molar-refractivity contribution < 1.29 is 9.84 Å². The number of aliphatic hydroxyl groups is 1. The lowest BCUT2D eigenvalue weighted by Crippen LogP contribution is -2.24. The third-order valence-corrected chi connectivity index (χ3v) is 2.69. The Labute approximate surface area is 81.3 Å². The first-order valence-corrected chi connectivity index (χ1v) is 5.48. The Morgan fingerprint density at radius 3 is 2.38 bits per heavy atom. The molecule has 1 aliphatic rings. The molecule has 0 spiro atoms. The largest absolute Gasteiger partial charge is 0.393 e. The molecule has 1 aliphatic carbocycles. The fourth-order valence-electron chi connectivity index (χ4n) is 1.68. The molecule has 0 aromatic carbocycles. The van der Waals surface area contributed by atoms with Crippen LogP contribution in [0.1, 0.15) is 46.0 Å². The van der Waals surface area contributed by atoms with Gasteiger partial charge in [0.05, 0.1) is 12.2 Å². The summed E-state index contributed by atoms with van der Waals surface area (Å²) in [6.45, 7) is 5.32. The lowest BCUT2D eigenvalue weighted by atomic mass is 9.95. The molecule has 0 atom stereocenters. The van der Waals surface area contributed by atoms with Crippen molar-refractivity contribution in [1.29, 1.82) is 0 Å². The van der Waals surface area contributed by atoms with Gasteiger partial charge in [-0.05, 0) is 38.0 Å². The van der Waals surface area contributed by atoms with E-state index in [0.717, 1.165) is 44.6 Å². The normalized spacial score (nSPS) is 29.5. The van der Waals surface area contributed by atoms with Gasteiger partial charge < -0.3 is 9.84 Å². The molecule has 1 saturated carbocycles. The topological polar surface area (TPSA) is 29.5 Å². The van der Waals surface area contributed by atoms with Crippen molar-refractivity contribution >= 4 is 0 Å². The van der Waals surface area contributed by atoms with E-state index in [1.165, 1.54) is 0 Å². The highest BCUT2D eigenvalue weighted by molar-refractivity contribution is 4.71. The van der Waals surface area contributed by atoms with E-state index < -0.39 is 0 Å². The molecule has 2 nitrogen and oxygen atoms in total. The summed E-state index contributed by atoms with van der Waals surface area (Å²) in [5.74, 6) is 0.731. The predicted molar refractivity (Wildman–Crippen MR) is 53.7 cm³/mol. The van der Waals surface area contributed by atoms with E-state index in [1.54, 1.807) is 0 Å². The van der Waals surface area contributed by atoms with Crippen LogP contribution in [0.25, 0.3) is 0 Å². The Morgan fingerprint density at radius 1 is 1.23 bits per heavy atom. The highest BCUT2D eigenvalue weighted by Crippen LogP contribution is 2.21. The highest BCUT2D eigenvalue weighted by Gasteiger charge is 2.19. The summed E-state index contributed by atoms with van der Waals surface area (Å²) in [7, 11) is 0. The van der Waals surface area contributed by atoms with E-state index in [-0.39, 0.29) is 6.10 Å². The Balaban J connectivity index is 2.02. The average Bonchev–Trinajstić information content (AvgIpc) is 2.08. The lowest BCUT2D eigenvalue weighted by Gasteiger charge is -2.25. The molecule has 0 aliphatic heterocycles. The maximum Gasteiger partial charge on any atom is 0.0577 e. The Kier molecular flexibility index (Phi) is 4.74. The fraction of sp³-hybridized carbons (Fsp3) is 1.00. The molecule has 0 heterocycles. The van der Waals surface area contributed by atoms with Gasteiger partial charge in [0, 0.05) is 6.61 Å². The molecule has 0 amide bonds. The predicted octanol–water partition coefficient (Wildman–Crippen LogP) is 2.35. The molecule has 0 saturated heterocycles. The van der Waals surface area contributed by atoms with Crippen molar-refractivity contribution in [3.8, 4) is 0 Å². The van der Waals surface area contributed by atoms with Crippen molar-refractivity contribution in [2.45, 2.75) is 58.2 Å². The molecule has 1 rings (SSSR count). The van der Waals surface area contributed by atoms with Crippen LogP contribution in [-0.2, 0) is 4.74 Å². The van der Waals surface area contributed by atoms with Crippen LogP contribution in [0, 0.1) is 5.92 Å². The number of ether oxygens (including phenoxy) is 1. The SMILES string of the molecule is CC(C)CCOC1CCC(O)CC1. The third-order valence-electron chi connectivity index (χ3n) is 2.69. The molecule has 0 aromatic rings. The second-order valence-corrected chi connectivity index (χ2v) is 4.48. The van der Waals surface area contributed by atoms with Gasteiger partial charge in [0.1, 0.15) is 0 Å². The second-order valence-electron chi connectivity index (χ2n) is 4.48. The van der Waals surface area contributed by atoms with E-state index in [9.17, 15) is 5.11 Å².